The zero-order valence-electron chi connectivity index (χ0n) is 17.1. The lowest BCUT2D eigenvalue weighted by atomic mass is 9.97. The molecule has 6 nitrogen and oxygen atoms in total. The first-order valence-corrected chi connectivity index (χ1v) is 11.2. The molecule has 0 saturated carbocycles. The van der Waals surface area contributed by atoms with Gasteiger partial charge < -0.3 is 10.6 Å². The molecule has 152 valence electrons. The maximum atomic E-state index is 13.1. The minimum absolute atomic E-state index is 0.0273. The maximum absolute atomic E-state index is 13.1. The Morgan fingerprint density at radius 1 is 1.19 bits per heavy atom. The van der Waals surface area contributed by atoms with Crippen molar-refractivity contribution < 1.29 is 13.2 Å². The van der Waals surface area contributed by atoms with E-state index in [0.717, 1.165) is 23.2 Å². The van der Waals surface area contributed by atoms with Crippen molar-refractivity contribution in [1.29, 1.82) is 0 Å². The molecular formula is C20H33N3O3S. The lowest BCUT2D eigenvalue weighted by Crippen LogP contribution is -2.45. The van der Waals surface area contributed by atoms with Crippen LogP contribution in [0.15, 0.2) is 17.0 Å². The smallest absolute Gasteiger partial charge is 0.243 e. The molecule has 0 unspecified atom stereocenters. The first-order valence-electron chi connectivity index (χ1n) is 9.75. The third-order valence-corrected chi connectivity index (χ3v) is 7.37. The summed E-state index contributed by atoms with van der Waals surface area (Å²) in [5.74, 6) is -0.0926. The van der Waals surface area contributed by atoms with E-state index in [-0.39, 0.29) is 17.9 Å². The monoisotopic (exact) mass is 395 g/mol. The van der Waals surface area contributed by atoms with Crippen molar-refractivity contribution in [3.63, 3.8) is 0 Å². The Kier molecular flexibility index (Phi) is 7.42. The highest BCUT2D eigenvalue weighted by molar-refractivity contribution is 7.89. The fourth-order valence-electron chi connectivity index (χ4n) is 3.88. The fraction of sp³-hybridized carbons (Fsp3) is 0.650. The van der Waals surface area contributed by atoms with E-state index in [1.807, 2.05) is 46.8 Å². The molecule has 27 heavy (non-hydrogen) atoms. The van der Waals surface area contributed by atoms with Crippen molar-refractivity contribution >= 4 is 15.9 Å². The van der Waals surface area contributed by atoms with Crippen LogP contribution >= 0.6 is 0 Å². The third kappa shape index (κ3) is 5.30. The van der Waals surface area contributed by atoms with Crippen LogP contribution in [0, 0.1) is 26.7 Å². The number of piperidine rings is 1. The van der Waals surface area contributed by atoms with Gasteiger partial charge in [0.2, 0.25) is 15.9 Å². The van der Waals surface area contributed by atoms with Crippen LogP contribution in [0.3, 0.4) is 0 Å². The summed E-state index contributed by atoms with van der Waals surface area (Å²) in [6.07, 6.45) is 1.12. The number of nitrogens with zero attached hydrogens (tertiary/aromatic N) is 1. The van der Waals surface area contributed by atoms with E-state index in [4.69, 9.17) is 0 Å². The van der Waals surface area contributed by atoms with Crippen molar-refractivity contribution in [3.8, 4) is 0 Å². The van der Waals surface area contributed by atoms with Crippen LogP contribution in [0.1, 0.15) is 43.4 Å². The van der Waals surface area contributed by atoms with E-state index in [0.29, 0.717) is 37.4 Å². The molecule has 1 heterocycles. The lowest BCUT2D eigenvalue weighted by molar-refractivity contribution is -0.126. The van der Waals surface area contributed by atoms with Crippen LogP contribution in [-0.2, 0) is 14.8 Å². The van der Waals surface area contributed by atoms with Gasteiger partial charge in [0.05, 0.1) is 4.90 Å². The summed E-state index contributed by atoms with van der Waals surface area (Å²) < 4.78 is 27.8. The molecule has 7 heteroatoms. The number of aryl methyl sites for hydroxylation is 3. The van der Waals surface area contributed by atoms with Crippen LogP contribution in [0.2, 0.25) is 0 Å². The average molecular weight is 396 g/mol. The first-order chi connectivity index (χ1) is 12.7. The van der Waals surface area contributed by atoms with Crippen LogP contribution in [0.25, 0.3) is 0 Å². The molecule has 1 fully saturated rings. The number of carbonyl (C=O) groups excluding carboxylic acids is 1. The molecule has 1 aliphatic rings. The quantitative estimate of drug-likeness (QED) is 0.741. The highest BCUT2D eigenvalue weighted by Crippen LogP contribution is 2.28. The van der Waals surface area contributed by atoms with Gasteiger partial charge in [-0.15, -0.1) is 0 Å². The van der Waals surface area contributed by atoms with Crippen LogP contribution in [0.5, 0.6) is 0 Å². The van der Waals surface area contributed by atoms with E-state index in [9.17, 15) is 13.2 Å². The van der Waals surface area contributed by atoms with E-state index < -0.39 is 10.0 Å². The Morgan fingerprint density at radius 2 is 1.74 bits per heavy atom. The highest BCUT2D eigenvalue weighted by atomic mass is 32.2. The summed E-state index contributed by atoms with van der Waals surface area (Å²) in [5.41, 5.74) is 2.63. The molecule has 0 spiro atoms. The van der Waals surface area contributed by atoms with Gasteiger partial charge >= 0.3 is 0 Å². The summed E-state index contributed by atoms with van der Waals surface area (Å²) in [4.78, 5) is 12.8. The van der Waals surface area contributed by atoms with Gasteiger partial charge in [-0.05, 0) is 58.2 Å². The summed E-state index contributed by atoms with van der Waals surface area (Å²) in [6.45, 7) is 12.0. The van der Waals surface area contributed by atoms with Gasteiger partial charge in [-0.3, -0.25) is 4.79 Å². The zero-order chi connectivity index (χ0) is 20.2. The minimum Gasteiger partial charge on any atom is -0.354 e. The Bertz CT molecular complexity index is 746. The molecule has 1 amide bonds. The van der Waals surface area contributed by atoms with E-state index in [2.05, 4.69) is 10.6 Å². The van der Waals surface area contributed by atoms with Crippen molar-refractivity contribution in [3.05, 3.63) is 28.8 Å². The number of amides is 1. The molecule has 0 aromatic heterocycles. The maximum Gasteiger partial charge on any atom is 0.243 e. The second-order valence-electron chi connectivity index (χ2n) is 7.61. The van der Waals surface area contributed by atoms with Crippen molar-refractivity contribution in [2.45, 2.75) is 58.4 Å². The number of carbonyl (C=O) groups is 1. The Hall–Kier alpha value is -1.44. The summed E-state index contributed by atoms with van der Waals surface area (Å²) in [6, 6.07) is 4.05. The van der Waals surface area contributed by atoms with Crippen molar-refractivity contribution in [2.24, 2.45) is 5.92 Å². The van der Waals surface area contributed by atoms with Gasteiger partial charge in [0.1, 0.15) is 0 Å². The van der Waals surface area contributed by atoms with E-state index >= 15 is 0 Å². The Labute approximate surface area is 163 Å². The van der Waals surface area contributed by atoms with Gasteiger partial charge in [0, 0.05) is 31.6 Å². The van der Waals surface area contributed by atoms with Crippen LogP contribution in [0.4, 0.5) is 0 Å². The summed E-state index contributed by atoms with van der Waals surface area (Å²) in [5, 5.41) is 6.24. The van der Waals surface area contributed by atoms with E-state index in [1.165, 1.54) is 4.31 Å². The molecular weight excluding hydrogens is 362 g/mol. The van der Waals surface area contributed by atoms with Gasteiger partial charge in [-0.1, -0.05) is 24.6 Å². The summed E-state index contributed by atoms with van der Waals surface area (Å²) >= 11 is 0. The normalized spacial score (nSPS) is 17.7. The van der Waals surface area contributed by atoms with E-state index in [1.54, 1.807) is 0 Å². The zero-order valence-corrected chi connectivity index (χ0v) is 17.9. The van der Waals surface area contributed by atoms with Gasteiger partial charge in [0.15, 0.2) is 0 Å². The third-order valence-electron chi connectivity index (χ3n) is 5.16. The number of rotatable bonds is 7. The number of likely N-dealkylation sites (N-methyl/N-ethyl adjacent to an activating group) is 1. The number of nitrogens with one attached hydrogen (secondary N) is 2. The molecule has 2 N–H and O–H groups in total. The van der Waals surface area contributed by atoms with Crippen LogP contribution in [-0.4, -0.2) is 50.9 Å². The molecule has 2 rings (SSSR count). The second-order valence-corrected chi connectivity index (χ2v) is 9.48. The molecule has 0 bridgehead atoms. The lowest BCUT2D eigenvalue weighted by Gasteiger charge is -2.31. The molecule has 1 aromatic carbocycles. The van der Waals surface area contributed by atoms with Gasteiger partial charge in [-0.25, -0.2) is 8.42 Å². The average Bonchev–Trinajstić information content (AvgIpc) is 2.59. The van der Waals surface area contributed by atoms with Crippen molar-refractivity contribution in [1.82, 2.24) is 14.9 Å². The number of benzene rings is 1. The molecule has 1 aromatic rings. The van der Waals surface area contributed by atoms with Crippen LogP contribution < -0.4 is 10.6 Å². The first kappa shape index (κ1) is 21.9. The van der Waals surface area contributed by atoms with Crippen molar-refractivity contribution in [2.75, 3.05) is 26.2 Å². The van der Waals surface area contributed by atoms with Gasteiger partial charge in [-0.2, -0.15) is 4.31 Å². The second kappa shape index (κ2) is 9.17. The number of hydrogen-bond donors (Lipinski definition) is 2. The Balaban J connectivity index is 2.00. The molecule has 0 radical (unpaired) electrons. The topological polar surface area (TPSA) is 78.5 Å². The largest absolute Gasteiger partial charge is 0.354 e. The predicted molar refractivity (Wildman–Crippen MR) is 108 cm³/mol. The van der Waals surface area contributed by atoms with Gasteiger partial charge in [0.25, 0.3) is 0 Å². The Morgan fingerprint density at radius 3 is 2.26 bits per heavy atom. The highest BCUT2D eigenvalue weighted by Gasteiger charge is 2.33. The molecule has 1 atom stereocenters. The summed E-state index contributed by atoms with van der Waals surface area (Å²) in [7, 11) is -3.53. The number of sulfonamides is 1. The standard InChI is InChI=1S/C20H33N3O3S/c1-6-21-17(5)13-22-20(24)18-7-9-23(10-8-18)27(25,26)19-15(3)11-14(2)12-16(19)4/h11-12,17-18,21H,6-10,13H2,1-5H3,(H,22,24)/t17-/m1/s1. The molecule has 1 saturated heterocycles. The number of hydrogen-bond acceptors (Lipinski definition) is 4. The molecule has 0 aliphatic carbocycles. The minimum atomic E-state index is -3.53. The predicted octanol–water partition coefficient (Wildman–Crippen LogP) is 2.13. The fourth-order valence-corrected chi connectivity index (χ4v) is 5.76. The molecule has 1 aliphatic heterocycles. The SMILES string of the molecule is CCN[C@H](C)CNC(=O)C1CCN(S(=O)(=O)c2c(C)cc(C)cc2C)CC1.